The highest BCUT2D eigenvalue weighted by Gasteiger charge is 2.16. The van der Waals surface area contributed by atoms with Gasteiger partial charge in [0.05, 0.1) is 22.2 Å². The number of hydrogen-bond donors (Lipinski definition) is 2. The van der Waals surface area contributed by atoms with Crippen molar-refractivity contribution in [2.24, 2.45) is 7.05 Å². The number of aromatic nitrogens is 2. The number of anilines is 1. The van der Waals surface area contributed by atoms with Crippen LogP contribution in [0.2, 0.25) is 0 Å². The number of halogens is 4. The van der Waals surface area contributed by atoms with Crippen LogP contribution in [0.4, 0.5) is 23.2 Å². The van der Waals surface area contributed by atoms with Crippen LogP contribution in [0.5, 0.6) is 0 Å². The first kappa shape index (κ1) is 28.3. The number of aryl methyl sites for hydroxylation is 1. The number of likely N-dealkylation sites (N-methyl/N-ethyl adjacent to an activating group) is 1. The minimum Gasteiger partial charge on any atom is -0.387 e. The van der Waals surface area contributed by atoms with Crippen molar-refractivity contribution in [2.45, 2.75) is 19.8 Å². The van der Waals surface area contributed by atoms with E-state index in [0.717, 1.165) is 25.2 Å². The third-order valence-corrected chi connectivity index (χ3v) is 5.65. The summed E-state index contributed by atoms with van der Waals surface area (Å²) in [5.74, 6) is -2.44. The van der Waals surface area contributed by atoms with Crippen LogP contribution < -0.4 is 5.32 Å². The van der Waals surface area contributed by atoms with Crippen molar-refractivity contribution in [1.29, 1.82) is 5.41 Å². The highest BCUT2D eigenvalue weighted by molar-refractivity contribution is 6.03. The van der Waals surface area contributed by atoms with E-state index >= 15 is 0 Å². The quantitative estimate of drug-likeness (QED) is 0.335. The predicted molar refractivity (Wildman–Crippen MR) is 133 cm³/mol. The van der Waals surface area contributed by atoms with Gasteiger partial charge in [-0.1, -0.05) is 6.92 Å². The van der Waals surface area contributed by atoms with Gasteiger partial charge in [0.25, 0.3) is 0 Å². The lowest BCUT2D eigenvalue weighted by Crippen LogP contribution is -2.20. The molecular weight excluding hydrogens is 460 g/mol. The fraction of sp³-hybridized carbons (Fsp3) is 0.440. The maximum atomic E-state index is 13.8. The van der Waals surface area contributed by atoms with Gasteiger partial charge in [-0.15, -0.1) is 0 Å². The fourth-order valence-electron chi connectivity index (χ4n) is 3.55. The van der Waals surface area contributed by atoms with Crippen LogP contribution in [0.15, 0.2) is 24.3 Å². The largest absolute Gasteiger partial charge is 0.387 e. The molecule has 0 amide bonds. The van der Waals surface area contributed by atoms with Gasteiger partial charge in [0, 0.05) is 63.6 Å². The highest BCUT2D eigenvalue weighted by atomic mass is 19.1. The van der Waals surface area contributed by atoms with Crippen LogP contribution in [-0.4, -0.2) is 73.1 Å². The van der Waals surface area contributed by atoms with Gasteiger partial charge >= 0.3 is 0 Å². The predicted octanol–water partition coefficient (Wildman–Crippen LogP) is 4.67. The Kier molecular flexibility index (Phi) is 10.2. The van der Waals surface area contributed by atoms with Gasteiger partial charge in [-0.3, -0.25) is 4.68 Å². The number of nitrogens with zero attached hydrogens (tertiary/aromatic N) is 4. The van der Waals surface area contributed by atoms with Crippen molar-refractivity contribution < 1.29 is 17.6 Å². The van der Waals surface area contributed by atoms with Crippen LogP contribution in [0.1, 0.15) is 24.6 Å². The Morgan fingerprint density at radius 2 is 1.63 bits per heavy atom. The van der Waals surface area contributed by atoms with Crippen molar-refractivity contribution in [1.82, 2.24) is 19.6 Å². The van der Waals surface area contributed by atoms with Crippen molar-refractivity contribution >= 4 is 22.3 Å². The molecule has 0 atom stereocenters. The van der Waals surface area contributed by atoms with Crippen LogP contribution in [-0.2, 0) is 13.5 Å². The van der Waals surface area contributed by atoms with Crippen molar-refractivity contribution in [3.63, 3.8) is 0 Å². The summed E-state index contributed by atoms with van der Waals surface area (Å²) in [4.78, 5) is 4.04. The summed E-state index contributed by atoms with van der Waals surface area (Å²) >= 11 is 0. The molecule has 3 aromatic rings. The highest BCUT2D eigenvalue weighted by Crippen LogP contribution is 2.24. The van der Waals surface area contributed by atoms with E-state index in [-0.39, 0.29) is 11.3 Å². The standard InChI is InChI=1S/C13H17F2N3.C12H17F2N3/c1-4-17(2)6-5-11-13-10(15)7-9(14)8-12(13)18(3)16-11;1-16-11-7-8(13)6-9(14)12(11)10(15)4-5-17(2)3/h7-8H,4-6H2,1-3H3;6-7,15-16H,4-5H2,1-3H3. The molecule has 0 saturated heterocycles. The molecular formula is C25H34F4N6. The van der Waals surface area contributed by atoms with E-state index in [9.17, 15) is 17.6 Å². The lowest BCUT2D eigenvalue weighted by atomic mass is 10.0. The summed E-state index contributed by atoms with van der Waals surface area (Å²) in [6, 6.07) is 4.23. The molecule has 10 heteroatoms. The van der Waals surface area contributed by atoms with E-state index in [1.807, 2.05) is 26.0 Å². The molecule has 0 aliphatic rings. The Bertz CT molecular complexity index is 1160. The maximum absolute atomic E-state index is 13.8. The monoisotopic (exact) mass is 494 g/mol. The van der Waals surface area contributed by atoms with E-state index in [1.165, 1.54) is 16.8 Å². The lowest BCUT2D eigenvalue weighted by molar-refractivity contribution is 0.356. The molecule has 0 fully saturated rings. The van der Waals surface area contributed by atoms with Gasteiger partial charge in [0.1, 0.15) is 23.3 Å². The van der Waals surface area contributed by atoms with E-state index in [4.69, 9.17) is 5.41 Å². The van der Waals surface area contributed by atoms with Crippen molar-refractivity contribution in [2.75, 3.05) is 53.1 Å². The molecule has 0 saturated carbocycles. The molecule has 0 aliphatic heterocycles. The van der Waals surface area contributed by atoms with Crippen LogP contribution in [0, 0.1) is 28.7 Å². The van der Waals surface area contributed by atoms with Gasteiger partial charge in [-0.25, -0.2) is 17.6 Å². The second-order valence-corrected chi connectivity index (χ2v) is 8.59. The molecule has 1 heterocycles. The van der Waals surface area contributed by atoms with Crippen LogP contribution in [0.3, 0.4) is 0 Å². The first-order valence-corrected chi connectivity index (χ1v) is 11.4. The summed E-state index contributed by atoms with van der Waals surface area (Å²) < 4.78 is 55.2. The zero-order valence-corrected chi connectivity index (χ0v) is 21.1. The average Bonchev–Trinajstić information content (AvgIpc) is 3.11. The third-order valence-electron chi connectivity index (χ3n) is 5.65. The molecule has 192 valence electrons. The number of rotatable bonds is 9. The van der Waals surface area contributed by atoms with Crippen LogP contribution >= 0.6 is 0 Å². The summed E-state index contributed by atoms with van der Waals surface area (Å²) in [6.45, 7) is 4.45. The molecule has 0 radical (unpaired) electrons. The fourth-order valence-corrected chi connectivity index (χ4v) is 3.55. The second kappa shape index (κ2) is 12.6. The first-order chi connectivity index (χ1) is 16.5. The molecule has 1 aromatic heterocycles. The number of fused-ring (bicyclic) bond motifs is 1. The smallest absolute Gasteiger partial charge is 0.137 e. The Morgan fingerprint density at radius 1 is 1.00 bits per heavy atom. The zero-order valence-electron chi connectivity index (χ0n) is 21.1. The van der Waals surface area contributed by atoms with E-state index < -0.39 is 23.3 Å². The zero-order chi connectivity index (χ0) is 26.3. The van der Waals surface area contributed by atoms with Crippen molar-refractivity contribution in [3.05, 3.63) is 58.8 Å². The first-order valence-electron chi connectivity index (χ1n) is 11.4. The van der Waals surface area contributed by atoms with Gasteiger partial charge < -0.3 is 20.5 Å². The molecule has 6 nitrogen and oxygen atoms in total. The summed E-state index contributed by atoms with van der Waals surface area (Å²) in [5.41, 5.74) is 1.81. The summed E-state index contributed by atoms with van der Waals surface area (Å²) in [7, 11) is 9.05. The third kappa shape index (κ3) is 7.50. The normalized spacial score (nSPS) is 11.2. The molecule has 0 bridgehead atoms. The Hall–Kier alpha value is -2.98. The Balaban J connectivity index is 0.000000247. The number of hydrogen-bond acceptors (Lipinski definition) is 5. The maximum Gasteiger partial charge on any atom is 0.137 e. The lowest BCUT2D eigenvalue weighted by Gasteiger charge is -2.14. The van der Waals surface area contributed by atoms with Crippen LogP contribution in [0.25, 0.3) is 10.9 Å². The topological polar surface area (TPSA) is 60.2 Å². The Labute approximate surface area is 204 Å². The van der Waals surface area contributed by atoms with Gasteiger partial charge in [-0.2, -0.15) is 5.10 Å². The molecule has 2 aromatic carbocycles. The molecule has 0 spiro atoms. The van der Waals surface area contributed by atoms with Gasteiger partial charge in [-0.05, 0) is 39.8 Å². The van der Waals surface area contributed by atoms with Gasteiger partial charge in [0.2, 0.25) is 0 Å². The molecule has 0 unspecified atom stereocenters. The SMILES string of the molecule is CCN(C)CCc1nn(C)c2cc(F)cc(F)c12.CNc1cc(F)cc(F)c1C(=N)CCN(C)C. The number of nitrogens with one attached hydrogen (secondary N) is 2. The molecule has 3 rings (SSSR count). The summed E-state index contributed by atoms with van der Waals surface area (Å²) in [5, 5.41) is 15.3. The minimum atomic E-state index is -0.696. The molecule has 0 aliphatic carbocycles. The Morgan fingerprint density at radius 3 is 2.23 bits per heavy atom. The molecule has 35 heavy (non-hydrogen) atoms. The van der Waals surface area contributed by atoms with E-state index in [2.05, 4.69) is 22.2 Å². The van der Waals surface area contributed by atoms with E-state index in [1.54, 1.807) is 14.1 Å². The van der Waals surface area contributed by atoms with Gasteiger partial charge in [0.15, 0.2) is 0 Å². The molecule has 2 N–H and O–H groups in total. The van der Waals surface area contributed by atoms with E-state index in [0.29, 0.717) is 41.7 Å². The van der Waals surface area contributed by atoms with Crippen molar-refractivity contribution in [3.8, 4) is 0 Å². The minimum absolute atomic E-state index is 0.149. The summed E-state index contributed by atoms with van der Waals surface area (Å²) in [6.07, 6.45) is 1.08. The number of benzene rings is 2. The average molecular weight is 495 g/mol. The second-order valence-electron chi connectivity index (χ2n) is 8.59.